The highest BCUT2D eigenvalue weighted by molar-refractivity contribution is 5.33. The number of hydrogen-bond donors (Lipinski definition) is 0. The van der Waals surface area contributed by atoms with Crippen LogP contribution in [0, 0.1) is 0 Å². The van der Waals surface area contributed by atoms with E-state index in [1.165, 1.54) is 12.1 Å². The van der Waals surface area contributed by atoms with Gasteiger partial charge in [0.25, 0.3) is 0 Å². The van der Waals surface area contributed by atoms with E-state index >= 15 is 0 Å². The first kappa shape index (κ1) is 12.5. The zero-order valence-corrected chi connectivity index (χ0v) is 9.39. The molecule has 0 aliphatic heterocycles. The molecule has 1 aromatic heterocycles. The minimum atomic E-state index is -4.66. The number of aryl methyl sites for hydroxylation is 2. The zero-order valence-electron chi connectivity index (χ0n) is 9.39. The minimum Gasteiger partial charge on any atom is -0.406 e. The molecule has 2 aromatic rings. The number of nitrogens with zero attached hydrogens (tertiary/aromatic N) is 2. The smallest absolute Gasteiger partial charge is 0.406 e. The van der Waals surface area contributed by atoms with Crippen LogP contribution in [0.15, 0.2) is 42.7 Å². The topological polar surface area (TPSA) is 27.1 Å². The number of halogens is 3. The summed E-state index contributed by atoms with van der Waals surface area (Å²) in [5, 5.41) is 3.99. The molecule has 0 spiro atoms. The first-order valence-electron chi connectivity index (χ1n) is 5.36. The van der Waals surface area contributed by atoms with E-state index < -0.39 is 6.36 Å². The first-order chi connectivity index (χ1) is 8.54. The third-order valence-electron chi connectivity index (χ3n) is 2.37. The molecule has 2 rings (SSSR count). The molecule has 0 amide bonds. The Balaban J connectivity index is 2.07. The molecule has 1 heterocycles. The molecule has 18 heavy (non-hydrogen) atoms. The van der Waals surface area contributed by atoms with Crippen LogP contribution in [0.5, 0.6) is 5.75 Å². The van der Waals surface area contributed by atoms with Crippen molar-refractivity contribution in [1.82, 2.24) is 9.78 Å². The van der Waals surface area contributed by atoms with E-state index in [4.69, 9.17) is 0 Å². The van der Waals surface area contributed by atoms with Crippen LogP contribution in [-0.2, 0) is 13.0 Å². The second kappa shape index (κ2) is 5.12. The Bertz CT molecular complexity index is 494. The lowest BCUT2D eigenvalue weighted by molar-refractivity contribution is -0.274. The maximum Gasteiger partial charge on any atom is 0.573 e. The SMILES string of the molecule is FC(F)(F)Oc1ccccc1CCn1cccn1. The van der Waals surface area contributed by atoms with Crippen LogP contribution in [0.25, 0.3) is 0 Å². The second-order valence-corrected chi connectivity index (χ2v) is 3.67. The quantitative estimate of drug-likeness (QED) is 0.840. The fourth-order valence-electron chi connectivity index (χ4n) is 1.60. The average molecular weight is 256 g/mol. The molecule has 0 saturated heterocycles. The Morgan fingerprint density at radius 2 is 1.94 bits per heavy atom. The summed E-state index contributed by atoms with van der Waals surface area (Å²) in [7, 11) is 0. The van der Waals surface area contributed by atoms with Gasteiger partial charge in [0.2, 0.25) is 0 Å². The molecule has 0 fully saturated rings. The van der Waals surface area contributed by atoms with Gasteiger partial charge in [0.05, 0.1) is 0 Å². The van der Waals surface area contributed by atoms with Crippen molar-refractivity contribution in [1.29, 1.82) is 0 Å². The van der Waals surface area contributed by atoms with E-state index in [0.717, 1.165) is 0 Å². The molecule has 0 aliphatic carbocycles. The number of benzene rings is 1. The van der Waals surface area contributed by atoms with Gasteiger partial charge < -0.3 is 4.74 Å². The Hall–Kier alpha value is -1.98. The van der Waals surface area contributed by atoms with Gasteiger partial charge in [-0.1, -0.05) is 18.2 Å². The minimum absolute atomic E-state index is 0.155. The van der Waals surface area contributed by atoms with Gasteiger partial charge in [0.15, 0.2) is 0 Å². The van der Waals surface area contributed by atoms with Crippen LogP contribution in [0.3, 0.4) is 0 Å². The normalized spacial score (nSPS) is 11.5. The second-order valence-electron chi connectivity index (χ2n) is 3.67. The van der Waals surface area contributed by atoms with E-state index in [1.807, 2.05) is 0 Å². The van der Waals surface area contributed by atoms with Crippen molar-refractivity contribution < 1.29 is 17.9 Å². The Labute approximate surface area is 102 Å². The maximum absolute atomic E-state index is 12.2. The van der Waals surface area contributed by atoms with Crippen LogP contribution in [0.4, 0.5) is 13.2 Å². The highest BCUT2D eigenvalue weighted by Gasteiger charge is 2.31. The van der Waals surface area contributed by atoms with Gasteiger partial charge in [0.1, 0.15) is 5.75 Å². The summed E-state index contributed by atoms with van der Waals surface area (Å²) >= 11 is 0. The van der Waals surface area contributed by atoms with Gasteiger partial charge in [-0.2, -0.15) is 5.10 Å². The average Bonchev–Trinajstić information content (AvgIpc) is 2.79. The Morgan fingerprint density at radius 1 is 1.17 bits per heavy atom. The molecule has 0 N–H and O–H groups in total. The van der Waals surface area contributed by atoms with Crippen molar-refractivity contribution in [2.24, 2.45) is 0 Å². The molecule has 6 heteroatoms. The van der Waals surface area contributed by atoms with Crippen molar-refractivity contribution >= 4 is 0 Å². The van der Waals surface area contributed by atoms with Crippen molar-refractivity contribution in [3.63, 3.8) is 0 Å². The lowest BCUT2D eigenvalue weighted by Crippen LogP contribution is -2.18. The van der Waals surface area contributed by atoms with Crippen molar-refractivity contribution in [3.05, 3.63) is 48.3 Å². The summed E-state index contributed by atoms with van der Waals surface area (Å²) in [5.74, 6) is -0.155. The summed E-state index contributed by atoms with van der Waals surface area (Å²) in [4.78, 5) is 0. The Kier molecular flexibility index (Phi) is 3.55. The predicted molar refractivity (Wildman–Crippen MR) is 59.1 cm³/mol. The first-order valence-corrected chi connectivity index (χ1v) is 5.36. The van der Waals surface area contributed by atoms with E-state index in [9.17, 15) is 13.2 Å². The molecule has 0 aliphatic rings. The standard InChI is InChI=1S/C12H11F3N2O/c13-12(14,15)18-11-5-2-1-4-10(11)6-9-17-8-3-7-16-17/h1-5,7-8H,6,9H2. The maximum atomic E-state index is 12.2. The molecule has 0 atom stereocenters. The molecule has 96 valence electrons. The molecule has 1 aromatic carbocycles. The molecular weight excluding hydrogens is 245 g/mol. The van der Waals surface area contributed by atoms with Crippen LogP contribution in [0.2, 0.25) is 0 Å². The van der Waals surface area contributed by atoms with E-state index in [0.29, 0.717) is 18.5 Å². The largest absolute Gasteiger partial charge is 0.573 e. The van der Waals surface area contributed by atoms with Gasteiger partial charge in [-0.15, -0.1) is 13.2 Å². The van der Waals surface area contributed by atoms with Crippen molar-refractivity contribution in [2.45, 2.75) is 19.3 Å². The molecule has 0 radical (unpaired) electrons. The van der Waals surface area contributed by atoms with Gasteiger partial charge >= 0.3 is 6.36 Å². The van der Waals surface area contributed by atoms with Crippen molar-refractivity contribution in [3.8, 4) is 5.75 Å². The van der Waals surface area contributed by atoms with Gasteiger partial charge in [-0.25, -0.2) is 0 Å². The summed E-state index contributed by atoms with van der Waals surface area (Å²) in [6, 6.07) is 7.88. The summed E-state index contributed by atoms with van der Waals surface area (Å²) < 4.78 is 42.2. The number of para-hydroxylation sites is 1. The third-order valence-corrected chi connectivity index (χ3v) is 2.37. The van der Waals surface area contributed by atoms with E-state index in [2.05, 4.69) is 9.84 Å². The molecule has 0 bridgehead atoms. The number of hydrogen-bond acceptors (Lipinski definition) is 2. The summed E-state index contributed by atoms with van der Waals surface area (Å²) in [5.41, 5.74) is 0.505. The van der Waals surface area contributed by atoms with Crippen LogP contribution in [0.1, 0.15) is 5.56 Å². The number of alkyl halides is 3. The predicted octanol–water partition coefficient (Wildman–Crippen LogP) is 3.02. The Morgan fingerprint density at radius 3 is 2.61 bits per heavy atom. The van der Waals surface area contributed by atoms with Gasteiger partial charge in [0, 0.05) is 18.9 Å². The lowest BCUT2D eigenvalue weighted by Gasteiger charge is -2.13. The fourth-order valence-corrected chi connectivity index (χ4v) is 1.60. The number of aromatic nitrogens is 2. The third kappa shape index (κ3) is 3.51. The highest BCUT2D eigenvalue weighted by atomic mass is 19.4. The molecule has 0 unspecified atom stereocenters. The zero-order chi connectivity index (χ0) is 13.0. The lowest BCUT2D eigenvalue weighted by atomic mass is 10.1. The van der Waals surface area contributed by atoms with E-state index in [1.54, 1.807) is 35.3 Å². The van der Waals surface area contributed by atoms with Crippen molar-refractivity contribution in [2.75, 3.05) is 0 Å². The highest BCUT2D eigenvalue weighted by Crippen LogP contribution is 2.26. The van der Waals surface area contributed by atoms with Crippen LogP contribution in [-0.4, -0.2) is 16.1 Å². The monoisotopic (exact) mass is 256 g/mol. The molecular formula is C12H11F3N2O. The molecule has 0 saturated carbocycles. The molecule has 3 nitrogen and oxygen atoms in total. The fraction of sp³-hybridized carbons (Fsp3) is 0.250. The van der Waals surface area contributed by atoms with Crippen LogP contribution >= 0.6 is 0 Å². The van der Waals surface area contributed by atoms with Gasteiger partial charge in [-0.3, -0.25) is 4.68 Å². The number of ether oxygens (including phenoxy) is 1. The van der Waals surface area contributed by atoms with Crippen LogP contribution < -0.4 is 4.74 Å². The summed E-state index contributed by atoms with van der Waals surface area (Å²) in [6.07, 6.45) is -0.860. The van der Waals surface area contributed by atoms with E-state index in [-0.39, 0.29) is 5.75 Å². The summed E-state index contributed by atoms with van der Waals surface area (Å²) in [6.45, 7) is 0.505. The number of rotatable bonds is 4. The van der Waals surface area contributed by atoms with Gasteiger partial charge in [-0.05, 0) is 24.1 Å².